The molecular formula is C18H14Cl2N2O3. The third-order valence-electron chi connectivity index (χ3n) is 3.71. The molecule has 2 amide bonds. The number of nitrogens with one attached hydrogen (secondary N) is 1. The second-order valence-electron chi connectivity index (χ2n) is 5.45. The number of nitrogens with zero attached hydrogens (tertiary/aromatic N) is 1. The molecule has 0 unspecified atom stereocenters. The van der Waals surface area contributed by atoms with Crippen LogP contribution in [-0.4, -0.2) is 18.9 Å². The molecule has 0 aromatic heterocycles. The van der Waals surface area contributed by atoms with Crippen molar-refractivity contribution in [3.05, 3.63) is 63.8 Å². The second-order valence-corrected chi connectivity index (χ2v) is 6.23. The highest BCUT2D eigenvalue weighted by Gasteiger charge is 2.39. The van der Waals surface area contributed by atoms with Crippen LogP contribution in [0.3, 0.4) is 0 Å². The van der Waals surface area contributed by atoms with Gasteiger partial charge in [-0.15, -0.1) is 0 Å². The Balaban J connectivity index is 1.91. The van der Waals surface area contributed by atoms with Crippen molar-refractivity contribution in [3.63, 3.8) is 0 Å². The van der Waals surface area contributed by atoms with Crippen LogP contribution in [0.15, 0.2) is 53.2 Å². The molecule has 0 bridgehead atoms. The normalized spacial score (nSPS) is 14.3. The van der Waals surface area contributed by atoms with Crippen LogP contribution in [0, 0.1) is 6.92 Å². The van der Waals surface area contributed by atoms with Gasteiger partial charge in [0.15, 0.2) is 0 Å². The van der Waals surface area contributed by atoms with Crippen molar-refractivity contribution in [2.45, 2.75) is 6.92 Å². The zero-order chi connectivity index (χ0) is 18.1. The summed E-state index contributed by atoms with van der Waals surface area (Å²) in [6.07, 6.45) is 0. The smallest absolute Gasteiger partial charge is 0.283 e. The highest BCUT2D eigenvalue weighted by atomic mass is 35.5. The monoisotopic (exact) mass is 376 g/mol. The predicted molar refractivity (Wildman–Crippen MR) is 98.2 cm³/mol. The quantitative estimate of drug-likeness (QED) is 0.816. The summed E-state index contributed by atoms with van der Waals surface area (Å²) in [6.45, 7) is 1.88. The van der Waals surface area contributed by atoms with Gasteiger partial charge in [0.2, 0.25) is 0 Å². The maximum absolute atomic E-state index is 12.7. The Bertz CT molecular complexity index is 909. The molecule has 0 atom stereocenters. The molecule has 2 aromatic carbocycles. The Morgan fingerprint density at radius 2 is 1.80 bits per heavy atom. The minimum absolute atomic E-state index is 0.00871. The first-order chi connectivity index (χ1) is 11.9. The van der Waals surface area contributed by atoms with E-state index in [9.17, 15) is 9.59 Å². The SMILES string of the molecule is COc1ccc(NC2=C(Cl)C(=O)N(c3cccc(C)c3)C2=O)cc1Cl. The van der Waals surface area contributed by atoms with Gasteiger partial charge in [0.05, 0.1) is 17.8 Å². The van der Waals surface area contributed by atoms with Crippen LogP contribution in [0.4, 0.5) is 11.4 Å². The van der Waals surface area contributed by atoms with Gasteiger partial charge >= 0.3 is 0 Å². The molecular weight excluding hydrogens is 363 g/mol. The summed E-state index contributed by atoms with van der Waals surface area (Å²) in [4.78, 5) is 26.2. The first-order valence-electron chi connectivity index (χ1n) is 7.38. The van der Waals surface area contributed by atoms with E-state index in [0.29, 0.717) is 22.1 Å². The number of anilines is 2. The number of hydrogen-bond donors (Lipinski definition) is 1. The molecule has 7 heteroatoms. The summed E-state index contributed by atoms with van der Waals surface area (Å²) in [5, 5.41) is 3.08. The summed E-state index contributed by atoms with van der Waals surface area (Å²) in [5.41, 5.74) is 1.93. The highest BCUT2D eigenvalue weighted by molar-refractivity contribution is 6.53. The van der Waals surface area contributed by atoms with Crippen LogP contribution in [-0.2, 0) is 9.59 Å². The van der Waals surface area contributed by atoms with Gasteiger partial charge in [-0.3, -0.25) is 9.59 Å². The zero-order valence-corrected chi connectivity index (χ0v) is 15.0. The fraction of sp³-hybridized carbons (Fsp3) is 0.111. The molecule has 1 heterocycles. The topological polar surface area (TPSA) is 58.6 Å². The van der Waals surface area contributed by atoms with Crippen LogP contribution in [0.5, 0.6) is 5.75 Å². The van der Waals surface area contributed by atoms with Crippen LogP contribution < -0.4 is 15.0 Å². The predicted octanol–water partition coefficient (Wildman–Crippen LogP) is 4.09. The number of rotatable bonds is 4. The lowest BCUT2D eigenvalue weighted by molar-refractivity contribution is -0.120. The highest BCUT2D eigenvalue weighted by Crippen LogP contribution is 2.32. The number of methoxy groups -OCH3 is 1. The van der Waals surface area contributed by atoms with Crippen molar-refractivity contribution in [3.8, 4) is 5.75 Å². The molecule has 0 saturated heterocycles. The van der Waals surface area contributed by atoms with E-state index < -0.39 is 11.8 Å². The molecule has 128 valence electrons. The molecule has 1 aliphatic rings. The van der Waals surface area contributed by atoms with E-state index in [0.717, 1.165) is 10.5 Å². The van der Waals surface area contributed by atoms with E-state index in [1.807, 2.05) is 13.0 Å². The number of ether oxygens (including phenoxy) is 1. The van der Waals surface area contributed by atoms with Crippen LogP contribution in [0.2, 0.25) is 5.02 Å². The van der Waals surface area contributed by atoms with Crippen molar-refractivity contribution in [2.75, 3.05) is 17.3 Å². The lowest BCUT2D eigenvalue weighted by Crippen LogP contribution is -2.32. The van der Waals surface area contributed by atoms with Gasteiger partial charge < -0.3 is 10.1 Å². The van der Waals surface area contributed by atoms with Crippen molar-refractivity contribution in [2.24, 2.45) is 0 Å². The minimum atomic E-state index is -0.570. The number of benzene rings is 2. The van der Waals surface area contributed by atoms with E-state index >= 15 is 0 Å². The molecule has 0 fully saturated rings. The van der Waals surface area contributed by atoms with Crippen molar-refractivity contribution >= 4 is 46.4 Å². The van der Waals surface area contributed by atoms with Gasteiger partial charge in [-0.2, -0.15) is 0 Å². The van der Waals surface area contributed by atoms with Crippen molar-refractivity contribution in [1.82, 2.24) is 0 Å². The first kappa shape index (κ1) is 17.3. The van der Waals surface area contributed by atoms with E-state index in [1.54, 1.807) is 36.4 Å². The minimum Gasteiger partial charge on any atom is -0.495 e. The second kappa shape index (κ2) is 6.78. The van der Waals surface area contributed by atoms with Crippen LogP contribution in [0.1, 0.15) is 5.56 Å². The number of halogens is 2. The molecule has 3 rings (SSSR count). The zero-order valence-electron chi connectivity index (χ0n) is 13.5. The van der Waals surface area contributed by atoms with E-state index in [-0.39, 0.29) is 10.7 Å². The molecule has 0 radical (unpaired) electrons. The molecule has 0 spiro atoms. The standard InChI is InChI=1S/C18H14Cl2N2O3/c1-10-4-3-5-12(8-10)22-17(23)15(20)16(18(22)24)21-11-6-7-14(25-2)13(19)9-11/h3-9,21H,1-2H3. The Labute approximate surface area is 154 Å². The maximum Gasteiger partial charge on any atom is 0.283 e. The lowest BCUT2D eigenvalue weighted by Gasteiger charge is -2.15. The molecule has 2 aromatic rings. The molecule has 1 aliphatic heterocycles. The molecule has 25 heavy (non-hydrogen) atoms. The maximum atomic E-state index is 12.7. The summed E-state index contributed by atoms with van der Waals surface area (Å²) < 4.78 is 5.09. The summed E-state index contributed by atoms with van der Waals surface area (Å²) in [7, 11) is 1.51. The summed E-state index contributed by atoms with van der Waals surface area (Å²) in [6, 6.07) is 12.0. The van der Waals surface area contributed by atoms with E-state index in [1.165, 1.54) is 7.11 Å². The average Bonchev–Trinajstić information content (AvgIpc) is 2.79. The molecule has 0 saturated carbocycles. The third kappa shape index (κ3) is 3.21. The van der Waals surface area contributed by atoms with Gasteiger partial charge in [0, 0.05) is 5.69 Å². The van der Waals surface area contributed by atoms with Gasteiger partial charge in [0.1, 0.15) is 16.5 Å². The number of imide groups is 1. The number of aryl methyl sites for hydroxylation is 1. The van der Waals surface area contributed by atoms with Crippen molar-refractivity contribution in [1.29, 1.82) is 0 Å². The van der Waals surface area contributed by atoms with Crippen LogP contribution in [0.25, 0.3) is 0 Å². The van der Waals surface area contributed by atoms with Gasteiger partial charge in [-0.1, -0.05) is 35.3 Å². The van der Waals surface area contributed by atoms with E-state index in [4.69, 9.17) is 27.9 Å². The third-order valence-corrected chi connectivity index (χ3v) is 4.35. The largest absolute Gasteiger partial charge is 0.495 e. The summed E-state index contributed by atoms with van der Waals surface area (Å²) in [5.74, 6) is -0.588. The fourth-order valence-electron chi connectivity index (χ4n) is 2.50. The van der Waals surface area contributed by atoms with Gasteiger partial charge in [-0.25, -0.2) is 4.90 Å². The Morgan fingerprint density at radius 1 is 1.04 bits per heavy atom. The lowest BCUT2D eigenvalue weighted by atomic mass is 10.2. The van der Waals surface area contributed by atoms with Gasteiger partial charge in [-0.05, 0) is 42.8 Å². The molecule has 5 nitrogen and oxygen atoms in total. The Hall–Kier alpha value is -2.50. The molecule has 1 N–H and O–H groups in total. The Morgan fingerprint density at radius 3 is 2.44 bits per heavy atom. The number of amides is 2. The number of hydrogen-bond acceptors (Lipinski definition) is 4. The fourth-order valence-corrected chi connectivity index (χ4v) is 2.97. The summed E-state index contributed by atoms with van der Waals surface area (Å²) >= 11 is 12.2. The number of carbonyl (C=O) groups excluding carboxylic acids is 2. The van der Waals surface area contributed by atoms with Crippen LogP contribution >= 0.6 is 23.2 Å². The van der Waals surface area contributed by atoms with Crippen molar-refractivity contribution < 1.29 is 14.3 Å². The Kier molecular flexibility index (Phi) is 4.70. The van der Waals surface area contributed by atoms with Gasteiger partial charge in [0.25, 0.3) is 11.8 Å². The van der Waals surface area contributed by atoms with E-state index in [2.05, 4.69) is 5.32 Å². The molecule has 0 aliphatic carbocycles. The average molecular weight is 377 g/mol. The first-order valence-corrected chi connectivity index (χ1v) is 8.13. The number of carbonyl (C=O) groups is 2.